The maximum atomic E-state index is 2.81. The third-order valence-electron chi connectivity index (χ3n) is 5.66. The minimum atomic E-state index is 0.451. The van der Waals surface area contributed by atoms with Gasteiger partial charge in [-0.05, 0) is 48.8 Å². The van der Waals surface area contributed by atoms with E-state index in [1.165, 1.54) is 38.8 Å². The normalized spacial score (nSPS) is 39.1. The topological polar surface area (TPSA) is 3.24 Å². The van der Waals surface area contributed by atoms with Gasteiger partial charge in [0, 0.05) is 12.1 Å². The molecule has 1 aliphatic carbocycles. The summed E-state index contributed by atoms with van der Waals surface area (Å²) in [5.41, 5.74) is 3.75. The first-order valence-electron chi connectivity index (χ1n) is 7.19. The summed E-state index contributed by atoms with van der Waals surface area (Å²) in [7, 11) is 0. The van der Waals surface area contributed by atoms with Gasteiger partial charge in [-0.3, -0.25) is 4.90 Å². The average Bonchev–Trinajstić information content (AvgIpc) is 2.38. The monoisotopic (exact) mass is 227 g/mol. The second kappa shape index (κ2) is 3.35. The largest absolute Gasteiger partial charge is 0.293 e. The molecule has 2 bridgehead atoms. The molecule has 1 aromatic rings. The first-order chi connectivity index (χ1) is 8.36. The van der Waals surface area contributed by atoms with Crippen LogP contribution in [0.1, 0.15) is 37.3 Å². The van der Waals surface area contributed by atoms with E-state index in [0.717, 1.165) is 11.8 Å². The molecule has 1 saturated carbocycles. The molecule has 3 unspecified atom stereocenters. The number of fused-ring (bicyclic) bond motifs is 2. The number of benzene rings is 1. The van der Waals surface area contributed by atoms with Crippen molar-refractivity contribution >= 4 is 0 Å². The van der Waals surface area contributed by atoms with E-state index in [9.17, 15) is 0 Å². The van der Waals surface area contributed by atoms with Gasteiger partial charge in [0.1, 0.15) is 0 Å². The zero-order chi connectivity index (χ0) is 11.5. The van der Waals surface area contributed by atoms with Crippen LogP contribution in [0.15, 0.2) is 24.3 Å². The molecular weight excluding hydrogens is 206 g/mol. The Morgan fingerprint density at radius 2 is 2.18 bits per heavy atom. The highest BCUT2D eigenvalue weighted by molar-refractivity contribution is 5.40. The standard InChI is InChI=1S/C16H21N/c1-2-14-13-8-10-17-9-7-12-5-3-4-6-15(12)16(14,17)11-13/h3-6,13-14H,2,7-11H2,1H3. The van der Waals surface area contributed by atoms with Gasteiger partial charge in [0.2, 0.25) is 0 Å². The van der Waals surface area contributed by atoms with Crippen LogP contribution in [0.3, 0.4) is 0 Å². The van der Waals surface area contributed by atoms with Crippen LogP contribution < -0.4 is 0 Å². The zero-order valence-electron chi connectivity index (χ0n) is 10.7. The van der Waals surface area contributed by atoms with Crippen LogP contribution in [0.2, 0.25) is 0 Å². The third kappa shape index (κ3) is 1.09. The Morgan fingerprint density at radius 1 is 1.29 bits per heavy atom. The minimum Gasteiger partial charge on any atom is -0.293 e. The smallest absolute Gasteiger partial charge is 0.0496 e. The summed E-state index contributed by atoms with van der Waals surface area (Å²) in [5, 5.41) is 0. The summed E-state index contributed by atoms with van der Waals surface area (Å²) >= 11 is 0. The number of piperidine rings is 2. The molecule has 2 saturated heterocycles. The molecule has 3 fully saturated rings. The Balaban J connectivity index is 1.87. The van der Waals surface area contributed by atoms with E-state index in [1.807, 2.05) is 0 Å². The lowest BCUT2D eigenvalue weighted by atomic mass is 9.50. The highest BCUT2D eigenvalue weighted by Crippen LogP contribution is 2.62. The predicted octanol–water partition coefficient (Wildman–Crippen LogP) is 3.19. The third-order valence-corrected chi connectivity index (χ3v) is 5.66. The Labute approximate surface area is 104 Å². The van der Waals surface area contributed by atoms with E-state index in [0.29, 0.717) is 5.54 Å². The predicted molar refractivity (Wildman–Crippen MR) is 69.9 cm³/mol. The second-order valence-electron chi connectivity index (χ2n) is 6.09. The van der Waals surface area contributed by atoms with Gasteiger partial charge in [-0.25, -0.2) is 0 Å². The molecule has 0 N–H and O–H groups in total. The van der Waals surface area contributed by atoms with E-state index < -0.39 is 0 Å². The molecule has 90 valence electrons. The molecule has 5 rings (SSSR count). The van der Waals surface area contributed by atoms with Crippen LogP contribution >= 0.6 is 0 Å². The molecule has 0 amide bonds. The fourth-order valence-electron chi connectivity index (χ4n) is 4.99. The molecule has 0 aromatic heterocycles. The molecule has 0 radical (unpaired) electrons. The van der Waals surface area contributed by atoms with Crippen LogP contribution in [-0.4, -0.2) is 18.0 Å². The number of nitrogens with zero attached hydrogens (tertiary/aromatic N) is 1. The van der Waals surface area contributed by atoms with Gasteiger partial charge in [-0.2, -0.15) is 0 Å². The Hall–Kier alpha value is -0.820. The van der Waals surface area contributed by atoms with E-state index in [-0.39, 0.29) is 0 Å². The lowest BCUT2D eigenvalue weighted by molar-refractivity contribution is -0.153. The first-order valence-corrected chi connectivity index (χ1v) is 7.19. The van der Waals surface area contributed by atoms with Crippen LogP contribution in [0.4, 0.5) is 0 Å². The molecule has 3 atom stereocenters. The van der Waals surface area contributed by atoms with Crippen LogP contribution in [-0.2, 0) is 12.0 Å². The quantitative estimate of drug-likeness (QED) is 0.712. The Bertz CT molecular complexity index is 453. The minimum absolute atomic E-state index is 0.451. The fourth-order valence-corrected chi connectivity index (χ4v) is 4.99. The van der Waals surface area contributed by atoms with E-state index >= 15 is 0 Å². The summed E-state index contributed by atoms with van der Waals surface area (Å²) < 4.78 is 0. The Morgan fingerprint density at radius 3 is 3.06 bits per heavy atom. The van der Waals surface area contributed by atoms with Crippen molar-refractivity contribution in [3.05, 3.63) is 35.4 Å². The zero-order valence-corrected chi connectivity index (χ0v) is 10.7. The summed E-state index contributed by atoms with van der Waals surface area (Å²) in [6, 6.07) is 9.22. The number of hydrogen-bond acceptors (Lipinski definition) is 1. The van der Waals surface area contributed by atoms with Crippen molar-refractivity contribution in [2.45, 2.75) is 38.1 Å². The van der Waals surface area contributed by atoms with Crippen molar-refractivity contribution in [3.8, 4) is 0 Å². The van der Waals surface area contributed by atoms with Crippen LogP contribution in [0.5, 0.6) is 0 Å². The van der Waals surface area contributed by atoms with Gasteiger partial charge < -0.3 is 0 Å². The molecule has 17 heavy (non-hydrogen) atoms. The maximum absolute atomic E-state index is 2.81. The molecule has 1 heteroatoms. The van der Waals surface area contributed by atoms with Crippen LogP contribution in [0.25, 0.3) is 0 Å². The number of rotatable bonds is 1. The summed E-state index contributed by atoms with van der Waals surface area (Å²) in [6.07, 6.45) is 5.50. The van der Waals surface area contributed by atoms with E-state index in [4.69, 9.17) is 0 Å². The molecule has 1 aromatic carbocycles. The first kappa shape index (κ1) is 10.1. The number of hydrogen-bond donors (Lipinski definition) is 0. The summed E-state index contributed by atoms with van der Waals surface area (Å²) in [4.78, 5) is 2.81. The van der Waals surface area contributed by atoms with Crippen molar-refractivity contribution in [2.75, 3.05) is 13.1 Å². The molecule has 3 aliphatic heterocycles. The van der Waals surface area contributed by atoms with Gasteiger partial charge in [0.15, 0.2) is 0 Å². The maximum Gasteiger partial charge on any atom is 0.0496 e. The van der Waals surface area contributed by atoms with Crippen molar-refractivity contribution in [1.29, 1.82) is 0 Å². The van der Waals surface area contributed by atoms with E-state index in [2.05, 4.69) is 36.1 Å². The van der Waals surface area contributed by atoms with Gasteiger partial charge >= 0.3 is 0 Å². The lowest BCUT2D eigenvalue weighted by Crippen LogP contribution is -2.68. The van der Waals surface area contributed by atoms with Gasteiger partial charge in [-0.15, -0.1) is 0 Å². The van der Waals surface area contributed by atoms with Gasteiger partial charge in [0.25, 0.3) is 0 Å². The van der Waals surface area contributed by atoms with Crippen LogP contribution in [0, 0.1) is 11.8 Å². The molecule has 1 nitrogen and oxygen atoms in total. The average molecular weight is 227 g/mol. The van der Waals surface area contributed by atoms with Crippen molar-refractivity contribution < 1.29 is 0 Å². The SMILES string of the molecule is CCC1C2CCN3CCc4ccccc4C13C2. The highest BCUT2D eigenvalue weighted by atomic mass is 15.2. The molecular formula is C16H21N. The molecule has 4 aliphatic rings. The highest BCUT2D eigenvalue weighted by Gasteiger charge is 2.60. The Kier molecular flexibility index (Phi) is 2.00. The van der Waals surface area contributed by atoms with Crippen molar-refractivity contribution in [1.82, 2.24) is 4.90 Å². The van der Waals surface area contributed by atoms with Gasteiger partial charge in [0.05, 0.1) is 0 Å². The second-order valence-corrected chi connectivity index (χ2v) is 6.09. The lowest BCUT2D eigenvalue weighted by Gasteiger charge is -2.67. The molecule has 3 heterocycles. The van der Waals surface area contributed by atoms with Crippen molar-refractivity contribution in [3.63, 3.8) is 0 Å². The van der Waals surface area contributed by atoms with E-state index in [1.54, 1.807) is 11.1 Å². The van der Waals surface area contributed by atoms with Gasteiger partial charge in [-0.1, -0.05) is 37.6 Å². The fraction of sp³-hybridized carbons (Fsp3) is 0.625. The summed E-state index contributed by atoms with van der Waals surface area (Å²) in [6.45, 7) is 5.02. The summed E-state index contributed by atoms with van der Waals surface area (Å²) in [5.74, 6) is 1.94. The van der Waals surface area contributed by atoms with Crippen molar-refractivity contribution in [2.24, 2.45) is 11.8 Å². The molecule has 1 spiro atoms.